The molecule has 0 saturated heterocycles. The summed E-state index contributed by atoms with van der Waals surface area (Å²) in [7, 11) is 1.93. The fraction of sp³-hybridized carbons (Fsp3) is 1.00. The van der Waals surface area contributed by atoms with Crippen LogP contribution in [0.25, 0.3) is 0 Å². The highest BCUT2D eigenvalue weighted by Crippen LogP contribution is 2.15. The van der Waals surface area contributed by atoms with E-state index in [1.54, 1.807) is 7.05 Å². The third kappa shape index (κ3) is 8.06. The van der Waals surface area contributed by atoms with E-state index >= 15 is 0 Å². The molecule has 9 heavy (non-hydrogen) atoms. The molecule has 0 aliphatic heterocycles. The van der Waals surface area contributed by atoms with E-state index in [0.717, 1.165) is 0 Å². The molecule has 1 N–H and O–H groups in total. The van der Waals surface area contributed by atoms with Crippen molar-refractivity contribution >= 4 is 8.46 Å². The molecule has 0 atom stereocenters. The van der Waals surface area contributed by atoms with Crippen LogP contribution < -0.4 is 5.32 Å². The molecule has 0 unspecified atom stereocenters. The van der Waals surface area contributed by atoms with Crippen molar-refractivity contribution in [3.05, 3.63) is 0 Å². The van der Waals surface area contributed by atoms with Gasteiger partial charge in [0.1, 0.15) is 0 Å². The number of rotatable bonds is 2. The van der Waals surface area contributed by atoms with Crippen LogP contribution in [0.1, 0.15) is 28.7 Å². The smallest absolute Gasteiger partial charge is 0.177 e. The summed E-state index contributed by atoms with van der Waals surface area (Å²) < 4.78 is 10.1. The van der Waals surface area contributed by atoms with E-state index in [1.165, 1.54) is 0 Å². The van der Waals surface area contributed by atoms with E-state index in [2.05, 4.69) is 5.32 Å². The second-order valence-electron chi connectivity index (χ2n) is 1.90. The summed E-state index contributed by atoms with van der Waals surface area (Å²) in [5, 5.41) is 2.62. The molecule has 0 aromatic heterocycles. The topological polar surface area (TPSA) is 29.1 Å². The summed E-state index contributed by atoms with van der Waals surface area (Å²) in [4.78, 5) is 0. The Kier molecular flexibility index (Phi) is 11.0. The first kappa shape index (κ1) is 16.0. The standard InChI is InChI=1S/C4H10NOP.2CH4/c1-4(2,5-3)7-6;;/h5H,1-3H3;2*1H4. The van der Waals surface area contributed by atoms with Crippen LogP contribution in [-0.2, 0) is 4.57 Å². The third-order valence-corrected chi connectivity index (χ3v) is 1.52. The maximum atomic E-state index is 10.1. The zero-order chi connectivity index (χ0) is 5.91. The summed E-state index contributed by atoms with van der Waals surface area (Å²) in [6.07, 6.45) is 0. The Labute approximate surface area is 60.2 Å². The van der Waals surface area contributed by atoms with Crippen LogP contribution in [-0.4, -0.2) is 12.3 Å². The molecule has 0 fully saturated rings. The Balaban J connectivity index is -0.000000180. The van der Waals surface area contributed by atoms with Gasteiger partial charge in [-0.3, -0.25) is 4.57 Å². The maximum absolute atomic E-state index is 10.1. The second-order valence-corrected chi connectivity index (χ2v) is 3.20. The van der Waals surface area contributed by atoms with Crippen LogP contribution in [0.4, 0.5) is 0 Å². The number of hydrogen-bond donors (Lipinski definition) is 1. The highest BCUT2D eigenvalue weighted by molar-refractivity contribution is 7.25. The minimum absolute atomic E-state index is 0. The highest BCUT2D eigenvalue weighted by atomic mass is 31.1. The zero-order valence-electron chi connectivity index (χ0n) is 4.86. The summed E-state index contributed by atoms with van der Waals surface area (Å²) in [5.41, 5.74) is 0. The molecule has 0 radical (unpaired) electrons. The van der Waals surface area contributed by atoms with Gasteiger partial charge in [0.2, 0.25) is 0 Å². The van der Waals surface area contributed by atoms with Gasteiger partial charge in [-0.2, -0.15) is 0 Å². The molecule has 58 valence electrons. The maximum Gasteiger partial charge on any atom is 0.177 e. The van der Waals surface area contributed by atoms with E-state index in [0.29, 0.717) is 0 Å². The van der Waals surface area contributed by atoms with Crippen molar-refractivity contribution in [2.24, 2.45) is 0 Å². The van der Waals surface area contributed by atoms with Crippen LogP contribution in [0.15, 0.2) is 0 Å². The van der Waals surface area contributed by atoms with Crippen molar-refractivity contribution in [2.45, 2.75) is 34.0 Å². The van der Waals surface area contributed by atoms with Crippen molar-refractivity contribution in [1.29, 1.82) is 0 Å². The molecular formula is C6H18NOP. The van der Waals surface area contributed by atoms with Gasteiger partial charge in [0.15, 0.2) is 8.46 Å². The third-order valence-electron chi connectivity index (χ3n) is 0.840. The number of nitrogens with one attached hydrogen (secondary N) is 1. The molecular weight excluding hydrogens is 133 g/mol. The molecule has 0 aromatic rings. The van der Waals surface area contributed by atoms with E-state index in [1.807, 2.05) is 13.8 Å². The molecule has 0 rings (SSSR count). The molecule has 0 bridgehead atoms. The molecule has 2 nitrogen and oxygen atoms in total. The van der Waals surface area contributed by atoms with Gasteiger partial charge in [0.25, 0.3) is 0 Å². The molecule has 0 amide bonds. The molecule has 0 aliphatic rings. The molecule has 0 aromatic carbocycles. The molecule has 0 spiro atoms. The lowest BCUT2D eigenvalue weighted by molar-refractivity contribution is 0.538. The van der Waals surface area contributed by atoms with Gasteiger partial charge in [-0.15, -0.1) is 0 Å². The first-order chi connectivity index (χ1) is 3.12. The molecule has 0 aliphatic carbocycles. The Hall–Kier alpha value is 0.0600. The van der Waals surface area contributed by atoms with E-state index in [4.69, 9.17) is 0 Å². The lowest BCUT2D eigenvalue weighted by atomic mass is 10.4. The summed E-state index contributed by atoms with van der Waals surface area (Å²) in [5.74, 6) is 0. The van der Waals surface area contributed by atoms with Crippen LogP contribution in [0, 0.1) is 0 Å². The minimum Gasteiger partial charge on any atom is -0.305 e. The molecule has 3 heteroatoms. The highest BCUT2D eigenvalue weighted by Gasteiger charge is 2.12. The number of hydrogen-bond acceptors (Lipinski definition) is 2. The quantitative estimate of drug-likeness (QED) is 0.614. The van der Waals surface area contributed by atoms with Gasteiger partial charge in [-0.05, 0) is 20.9 Å². The monoisotopic (exact) mass is 151 g/mol. The zero-order valence-corrected chi connectivity index (χ0v) is 5.75. The van der Waals surface area contributed by atoms with Crippen LogP contribution >= 0.6 is 8.46 Å². The van der Waals surface area contributed by atoms with Gasteiger partial charge >= 0.3 is 0 Å². The summed E-state index contributed by atoms with van der Waals surface area (Å²) >= 11 is 0. The predicted octanol–water partition coefficient (Wildman–Crippen LogP) is 2.51. The van der Waals surface area contributed by atoms with Gasteiger partial charge in [0, 0.05) is 0 Å². The van der Waals surface area contributed by atoms with Gasteiger partial charge < -0.3 is 5.32 Å². The van der Waals surface area contributed by atoms with Gasteiger partial charge in [0.05, 0.1) is 5.28 Å². The van der Waals surface area contributed by atoms with Crippen molar-refractivity contribution in [3.8, 4) is 0 Å². The first-order valence-electron chi connectivity index (χ1n) is 2.16. The average molecular weight is 151 g/mol. The first-order valence-corrected chi connectivity index (χ1v) is 2.97. The van der Waals surface area contributed by atoms with E-state index < -0.39 is 0 Å². The van der Waals surface area contributed by atoms with Crippen molar-refractivity contribution < 1.29 is 4.57 Å². The Morgan fingerprint density at radius 2 is 1.67 bits per heavy atom. The fourth-order valence-electron chi connectivity index (χ4n) is 0.0456. The predicted molar refractivity (Wildman–Crippen MR) is 44.2 cm³/mol. The molecule has 0 saturated carbocycles. The van der Waals surface area contributed by atoms with Crippen LogP contribution in [0.2, 0.25) is 0 Å². The van der Waals surface area contributed by atoms with Gasteiger partial charge in [-0.1, -0.05) is 14.9 Å². The van der Waals surface area contributed by atoms with E-state index in [9.17, 15) is 4.57 Å². The Morgan fingerprint density at radius 1 is 1.33 bits per heavy atom. The second kappa shape index (κ2) is 6.18. The van der Waals surface area contributed by atoms with Crippen molar-refractivity contribution in [1.82, 2.24) is 5.32 Å². The average Bonchev–Trinajstić information content (AvgIpc) is 1.68. The largest absolute Gasteiger partial charge is 0.305 e. The minimum atomic E-state index is -0.250. The lowest BCUT2D eigenvalue weighted by Crippen LogP contribution is -2.28. The van der Waals surface area contributed by atoms with Crippen LogP contribution in [0.3, 0.4) is 0 Å². The Bertz CT molecular complexity index is 73.5. The lowest BCUT2D eigenvalue weighted by Gasteiger charge is -2.11. The summed E-state index contributed by atoms with van der Waals surface area (Å²) in [6.45, 7) is 3.73. The van der Waals surface area contributed by atoms with Gasteiger partial charge in [-0.25, -0.2) is 0 Å². The van der Waals surface area contributed by atoms with Crippen molar-refractivity contribution in [3.63, 3.8) is 0 Å². The van der Waals surface area contributed by atoms with Crippen LogP contribution in [0.5, 0.6) is 0 Å². The molecule has 0 heterocycles. The van der Waals surface area contributed by atoms with E-state index in [-0.39, 0.29) is 28.6 Å². The normalized spacial score (nSPS) is 9.67. The summed E-state index contributed by atoms with van der Waals surface area (Å²) in [6, 6.07) is 0. The van der Waals surface area contributed by atoms with Crippen molar-refractivity contribution in [2.75, 3.05) is 7.05 Å². The SMILES string of the molecule is C.C.CNC(C)(C)P=O. The fourth-order valence-corrected chi connectivity index (χ4v) is 0.137. The Morgan fingerprint density at radius 3 is 1.67 bits per heavy atom.